The molecule has 4 rings (SSSR count). The normalized spacial score (nSPS) is 11.5. The molecule has 0 saturated heterocycles. The molecule has 2 heterocycles. The lowest BCUT2D eigenvalue weighted by molar-refractivity contribution is -0.137. The number of rotatable bonds is 3. The summed E-state index contributed by atoms with van der Waals surface area (Å²) in [5, 5.41) is 7.57. The van der Waals surface area contributed by atoms with Crippen molar-refractivity contribution < 1.29 is 18.0 Å². The van der Waals surface area contributed by atoms with Crippen molar-refractivity contribution >= 4 is 22.5 Å². The van der Waals surface area contributed by atoms with Crippen molar-refractivity contribution in [2.24, 2.45) is 0 Å². The first-order chi connectivity index (χ1) is 13.4. The minimum Gasteiger partial charge on any atom is -0.319 e. The predicted octanol–water partition coefficient (Wildman–Crippen LogP) is 4.69. The maximum Gasteiger partial charge on any atom is 0.416 e. The zero-order valence-corrected chi connectivity index (χ0v) is 14.3. The van der Waals surface area contributed by atoms with E-state index in [0.717, 1.165) is 17.5 Å². The zero-order chi connectivity index (χ0) is 19.7. The Balaban J connectivity index is 1.59. The standard InChI is InChI=1S/C20H13F3N4O/c21-20(22,23)14-6-2-7-16(10-14)27-12-15(11-25-27)26-19(28)17-8-1-4-13-5-3-9-24-18(13)17/h1-12H,(H,26,28). The van der Waals surface area contributed by atoms with Crippen LogP contribution in [0.15, 0.2) is 73.2 Å². The van der Waals surface area contributed by atoms with Gasteiger partial charge in [-0.3, -0.25) is 9.78 Å². The van der Waals surface area contributed by atoms with Gasteiger partial charge in [0, 0.05) is 11.6 Å². The maximum atomic E-state index is 12.9. The average molecular weight is 382 g/mol. The first kappa shape index (κ1) is 17.7. The van der Waals surface area contributed by atoms with E-state index in [4.69, 9.17) is 0 Å². The summed E-state index contributed by atoms with van der Waals surface area (Å²) in [5.74, 6) is -0.382. The largest absolute Gasteiger partial charge is 0.416 e. The van der Waals surface area contributed by atoms with Crippen LogP contribution < -0.4 is 5.32 Å². The molecule has 0 atom stereocenters. The zero-order valence-electron chi connectivity index (χ0n) is 14.3. The monoisotopic (exact) mass is 382 g/mol. The van der Waals surface area contributed by atoms with Gasteiger partial charge in [0.2, 0.25) is 0 Å². The highest BCUT2D eigenvalue weighted by atomic mass is 19.4. The van der Waals surface area contributed by atoms with Crippen LogP contribution in [0.4, 0.5) is 18.9 Å². The fourth-order valence-electron chi connectivity index (χ4n) is 2.84. The van der Waals surface area contributed by atoms with Crippen molar-refractivity contribution in [2.45, 2.75) is 6.18 Å². The lowest BCUT2D eigenvalue weighted by atomic mass is 10.1. The van der Waals surface area contributed by atoms with E-state index in [0.29, 0.717) is 16.8 Å². The number of nitrogens with zero attached hydrogens (tertiary/aromatic N) is 3. The predicted molar refractivity (Wildman–Crippen MR) is 98.3 cm³/mol. The second kappa shape index (κ2) is 6.80. The Hall–Kier alpha value is -3.68. The molecule has 0 fully saturated rings. The van der Waals surface area contributed by atoms with Gasteiger partial charge >= 0.3 is 6.18 Å². The Morgan fingerprint density at radius 3 is 2.64 bits per heavy atom. The van der Waals surface area contributed by atoms with E-state index in [9.17, 15) is 18.0 Å². The minimum absolute atomic E-state index is 0.238. The molecule has 4 aromatic rings. The van der Waals surface area contributed by atoms with Gasteiger partial charge in [0.1, 0.15) is 0 Å². The summed E-state index contributed by atoms with van der Waals surface area (Å²) in [4.78, 5) is 16.9. The van der Waals surface area contributed by atoms with Crippen LogP contribution in [0.1, 0.15) is 15.9 Å². The Morgan fingerprint density at radius 2 is 1.82 bits per heavy atom. The number of pyridine rings is 1. The summed E-state index contributed by atoms with van der Waals surface area (Å²) in [6, 6.07) is 13.7. The fraction of sp³-hybridized carbons (Fsp3) is 0.0500. The number of carbonyl (C=O) groups excluding carboxylic acids is 1. The second-order valence-electron chi connectivity index (χ2n) is 6.06. The molecule has 28 heavy (non-hydrogen) atoms. The van der Waals surface area contributed by atoms with Crippen LogP contribution in [0.2, 0.25) is 0 Å². The molecule has 0 unspecified atom stereocenters. The third kappa shape index (κ3) is 3.44. The molecule has 0 saturated carbocycles. The summed E-state index contributed by atoms with van der Waals surface area (Å²) in [6.07, 6.45) is -0.0188. The number of hydrogen-bond acceptors (Lipinski definition) is 3. The van der Waals surface area contributed by atoms with Crippen molar-refractivity contribution in [1.29, 1.82) is 0 Å². The smallest absolute Gasteiger partial charge is 0.319 e. The molecule has 8 heteroatoms. The first-order valence-corrected chi connectivity index (χ1v) is 8.29. The van der Waals surface area contributed by atoms with Crippen LogP contribution in [0.3, 0.4) is 0 Å². The van der Waals surface area contributed by atoms with Crippen molar-refractivity contribution in [3.8, 4) is 5.69 Å². The van der Waals surface area contributed by atoms with Crippen molar-refractivity contribution in [3.05, 3.63) is 84.3 Å². The van der Waals surface area contributed by atoms with Crippen molar-refractivity contribution in [3.63, 3.8) is 0 Å². The van der Waals surface area contributed by atoms with Gasteiger partial charge in [0.05, 0.1) is 40.4 Å². The van der Waals surface area contributed by atoms with Gasteiger partial charge in [-0.1, -0.05) is 24.3 Å². The van der Waals surface area contributed by atoms with Crippen molar-refractivity contribution in [1.82, 2.24) is 14.8 Å². The number of carbonyl (C=O) groups is 1. The van der Waals surface area contributed by atoms with Crippen LogP contribution in [0.25, 0.3) is 16.6 Å². The number of nitrogens with one attached hydrogen (secondary N) is 1. The molecule has 140 valence electrons. The number of hydrogen-bond donors (Lipinski definition) is 1. The number of aromatic nitrogens is 3. The molecular formula is C20H13F3N4O. The van der Waals surface area contributed by atoms with Gasteiger partial charge in [0.15, 0.2) is 0 Å². The average Bonchev–Trinajstić information content (AvgIpc) is 3.15. The Bertz CT molecular complexity index is 1160. The van der Waals surface area contributed by atoms with Gasteiger partial charge in [-0.05, 0) is 30.3 Å². The summed E-state index contributed by atoms with van der Waals surface area (Å²) in [7, 11) is 0. The van der Waals surface area contributed by atoms with E-state index in [-0.39, 0.29) is 11.6 Å². The van der Waals surface area contributed by atoms with Crippen LogP contribution in [-0.2, 0) is 6.18 Å². The maximum absolute atomic E-state index is 12.9. The highest BCUT2D eigenvalue weighted by Crippen LogP contribution is 2.30. The first-order valence-electron chi connectivity index (χ1n) is 8.29. The third-order valence-corrected chi connectivity index (χ3v) is 4.16. The lowest BCUT2D eigenvalue weighted by Crippen LogP contribution is -2.12. The third-order valence-electron chi connectivity index (χ3n) is 4.16. The summed E-state index contributed by atoms with van der Waals surface area (Å²) < 4.78 is 39.9. The molecule has 2 aromatic carbocycles. The van der Waals surface area contributed by atoms with Crippen LogP contribution in [0, 0.1) is 0 Å². The topological polar surface area (TPSA) is 59.8 Å². The number of benzene rings is 2. The summed E-state index contributed by atoms with van der Waals surface area (Å²) >= 11 is 0. The molecule has 0 bridgehead atoms. The van der Waals surface area contributed by atoms with Gasteiger partial charge in [-0.15, -0.1) is 0 Å². The molecule has 0 aliphatic heterocycles. The molecule has 5 nitrogen and oxygen atoms in total. The Morgan fingerprint density at radius 1 is 1.04 bits per heavy atom. The van der Waals surface area contributed by atoms with Crippen LogP contribution >= 0.6 is 0 Å². The van der Waals surface area contributed by atoms with Crippen LogP contribution in [0.5, 0.6) is 0 Å². The van der Waals surface area contributed by atoms with Gasteiger partial charge in [0.25, 0.3) is 5.91 Å². The second-order valence-corrected chi connectivity index (χ2v) is 6.06. The Labute approximate surface area is 157 Å². The van der Waals surface area contributed by atoms with Gasteiger partial charge in [-0.2, -0.15) is 18.3 Å². The minimum atomic E-state index is -4.44. The number of halogens is 3. The quantitative estimate of drug-likeness (QED) is 0.559. The molecule has 1 N–H and O–H groups in total. The van der Waals surface area contributed by atoms with E-state index < -0.39 is 11.7 Å². The highest BCUT2D eigenvalue weighted by Gasteiger charge is 2.30. The molecular weight excluding hydrogens is 369 g/mol. The number of anilines is 1. The number of fused-ring (bicyclic) bond motifs is 1. The molecule has 0 spiro atoms. The Kier molecular flexibility index (Phi) is 4.31. The van der Waals surface area contributed by atoms with E-state index in [1.54, 1.807) is 24.4 Å². The SMILES string of the molecule is O=C(Nc1cnn(-c2cccc(C(F)(F)F)c2)c1)c1cccc2cccnc12. The summed E-state index contributed by atoms with van der Waals surface area (Å²) in [5.41, 5.74) is 0.781. The van der Waals surface area contributed by atoms with E-state index in [2.05, 4.69) is 15.4 Å². The number of amides is 1. The van der Waals surface area contributed by atoms with E-state index in [1.165, 1.54) is 29.2 Å². The van der Waals surface area contributed by atoms with Crippen LogP contribution in [-0.4, -0.2) is 20.7 Å². The molecule has 0 aliphatic carbocycles. The highest BCUT2D eigenvalue weighted by molar-refractivity contribution is 6.11. The van der Waals surface area contributed by atoms with Crippen molar-refractivity contribution in [2.75, 3.05) is 5.32 Å². The molecule has 2 aromatic heterocycles. The number of alkyl halides is 3. The molecule has 1 amide bonds. The molecule has 0 aliphatic rings. The van der Waals surface area contributed by atoms with E-state index in [1.807, 2.05) is 12.1 Å². The van der Waals surface area contributed by atoms with Gasteiger partial charge in [-0.25, -0.2) is 4.68 Å². The number of para-hydroxylation sites is 1. The lowest BCUT2D eigenvalue weighted by Gasteiger charge is -2.08. The van der Waals surface area contributed by atoms with E-state index >= 15 is 0 Å². The summed E-state index contributed by atoms with van der Waals surface area (Å²) in [6.45, 7) is 0. The fourth-order valence-corrected chi connectivity index (χ4v) is 2.84. The van der Waals surface area contributed by atoms with Gasteiger partial charge < -0.3 is 5.32 Å². The molecule has 0 radical (unpaired) electrons.